The zero-order valence-electron chi connectivity index (χ0n) is 15.9. The molecule has 1 aliphatic rings. The number of para-hydroxylation sites is 2. The second-order valence-corrected chi connectivity index (χ2v) is 6.90. The molecule has 0 unspecified atom stereocenters. The highest BCUT2D eigenvalue weighted by Crippen LogP contribution is 2.34. The molecule has 0 radical (unpaired) electrons. The van der Waals surface area contributed by atoms with Crippen LogP contribution in [0.2, 0.25) is 0 Å². The predicted octanol–water partition coefficient (Wildman–Crippen LogP) is 2.94. The van der Waals surface area contributed by atoms with Crippen molar-refractivity contribution >= 4 is 23.2 Å². The van der Waals surface area contributed by atoms with Crippen LogP contribution in [0.3, 0.4) is 0 Å². The smallest absolute Gasteiger partial charge is 0.313 e. The minimum Gasteiger partial charge on any atom is -0.362 e. The Labute approximate surface area is 169 Å². The van der Waals surface area contributed by atoms with Gasteiger partial charge in [-0.25, -0.2) is 0 Å². The van der Waals surface area contributed by atoms with Crippen LogP contribution in [0.15, 0.2) is 79.1 Å². The van der Waals surface area contributed by atoms with Gasteiger partial charge in [0.1, 0.15) is 0 Å². The molecule has 4 rings (SSSR count). The normalized spacial score (nSPS) is 13.4. The number of carbonyl (C=O) groups is 2. The molecule has 0 spiro atoms. The topological polar surface area (TPSA) is 74.3 Å². The summed E-state index contributed by atoms with van der Waals surface area (Å²) in [5, 5.41) is 5.40. The minimum absolute atomic E-state index is 0.110. The Morgan fingerprint density at radius 1 is 0.966 bits per heavy atom. The van der Waals surface area contributed by atoms with Crippen LogP contribution in [0.1, 0.15) is 17.2 Å². The molecule has 0 aliphatic carbocycles. The summed E-state index contributed by atoms with van der Waals surface area (Å²) in [6.45, 7) is 1.16. The third-order valence-corrected chi connectivity index (χ3v) is 5.06. The summed E-state index contributed by atoms with van der Waals surface area (Å²) in [6, 6.07) is 21.0. The standard InChI is InChI=1S/C23H22N4O2/c28-22(23(29)26-19-9-2-1-3-10-19)25-16-21(18-8-6-13-24-15-18)27-14-12-17-7-4-5-11-20(17)27/h1-11,13,15,21H,12,14,16H2,(H,25,28)(H,26,29)/t21-/m0/s1. The summed E-state index contributed by atoms with van der Waals surface area (Å²) in [5.74, 6) is -1.34. The van der Waals surface area contributed by atoms with E-state index in [0.29, 0.717) is 12.2 Å². The number of carbonyl (C=O) groups excluding carboxylic acids is 2. The Morgan fingerprint density at radius 3 is 2.55 bits per heavy atom. The van der Waals surface area contributed by atoms with Crippen molar-refractivity contribution in [3.05, 3.63) is 90.3 Å². The Hall–Kier alpha value is -3.67. The lowest BCUT2D eigenvalue weighted by Gasteiger charge is -2.30. The first-order valence-electron chi connectivity index (χ1n) is 9.61. The highest BCUT2D eigenvalue weighted by molar-refractivity contribution is 6.39. The molecule has 0 fully saturated rings. The molecule has 2 N–H and O–H groups in total. The van der Waals surface area contributed by atoms with Crippen molar-refractivity contribution in [1.82, 2.24) is 10.3 Å². The van der Waals surface area contributed by atoms with Gasteiger partial charge < -0.3 is 15.5 Å². The lowest BCUT2D eigenvalue weighted by molar-refractivity contribution is -0.136. The molecule has 146 valence electrons. The molecular weight excluding hydrogens is 364 g/mol. The summed E-state index contributed by atoms with van der Waals surface area (Å²) in [7, 11) is 0. The van der Waals surface area contributed by atoms with Gasteiger partial charge in [-0.3, -0.25) is 14.6 Å². The van der Waals surface area contributed by atoms with Crippen molar-refractivity contribution in [3.8, 4) is 0 Å². The van der Waals surface area contributed by atoms with Gasteiger partial charge >= 0.3 is 11.8 Å². The lowest BCUT2D eigenvalue weighted by Crippen LogP contribution is -2.41. The summed E-state index contributed by atoms with van der Waals surface area (Å²) < 4.78 is 0. The molecule has 2 aromatic carbocycles. The van der Waals surface area contributed by atoms with Crippen molar-refractivity contribution in [3.63, 3.8) is 0 Å². The van der Waals surface area contributed by atoms with Crippen LogP contribution in [0.4, 0.5) is 11.4 Å². The van der Waals surface area contributed by atoms with E-state index in [1.54, 1.807) is 30.5 Å². The summed E-state index contributed by atoms with van der Waals surface area (Å²) in [6.07, 6.45) is 4.49. The number of fused-ring (bicyclic) bond motifs is 1. The molecule has 1 atom stereocenters. The van der Waals surface area contributed by atoms with Gasteiger partial charge in [0.15, 0.2) is 0 Å². The lowest BCUT2D eigenvalue weighted by atomic mass is 10.1. The highest BCUT2D eigenvalue weighted by atomic mass is 16.2. The molecule has 0 saturated carbocycles. The summed E-state index contributed by atoms with van der Waals surface area (Å²) in [5.41, 5.74) is 4.02. The van der Waals surface area contributed by atoms with Gasteiger partial charge in [-0.15, -0.1) is 0 Å². The number of anilines is 2. The fraction of sp³-hybridized carbons (Fsp3) is 0.174. The molecular formula is C23H22N4O2. The summed E-state index contributed by atoms with van der Waals surface area (Å²) in [4.78, 5) is 31.1. The molecule has 6 nitrogen and oxygen atoms in total. The van der Waals surface area contributed by atoms with Crippen molar-refractivity contribution in [2.45, 2.75) is 12.5 Å². The third-order valence-electron chi connectivity index (χ3n) is 5.06. The van der Waals surface area contributed by atoms with E-state index < -0.39 is 11.8 Å². The van der Waals surface area contributed by atoms with E-state index in [1.165, 1.54) is 5.56 Å². The Kier molecular flexibility index (Phi) is 5.52. The van der Waals surface area contributed by atoms with Gasteiger partial charge in [0, 0.05) is 36.9 Å². The molecule has 2 heterocycles. The third kappa shape index (κ3) is 4.27. The second kappa shape index (κ2) is 8.56. The van der Waals surface area contributed by atoms with E-state index in [4.69, 9.17) is 0 Å². The van der Waals surface area contributed by atoms with E-state index in [2.05, 4.69) is 32.7 Å². The number of benzene rings is 2. The minimum atomic E-state index is -0.678. The fourth-order valence-electron chi connectivity index (χ4n) is 3.65. The maximum Gasteiger partial charge on any atom is 0.313 e. The van der Waals surface area contributed by atoms with Gasteiger partial charge in [-0.05, 0) is 41.8 Å². The van der Waals surface area contributed by atoms with E-state index in [9.17, 15) is 9.59 Å². The predicted molar refractivity (Wildman–Crippen MR) is 113 cm³/mol. The number of hydrogen-bond acceptors (Lipinski definition) is 4. The van der Waals surface area contributed by atoms with E-state index in [-0.39, 0.29) is 6.04 Å². The molecule has 0 saturated heterocycles. The second-order valence-electron chi connectivity index (χ2n) is 6.90. The zero-order valence-corrected chi connectivity index (χ0v) is 15.9. The van der Waals surface area contributed by atoms with Crippen LogP contribution in [0, 0.1) is 0 Å². The van der Waals surface area contributed by atoms with E-state index >= 15 is 0 Å². The fourth-order valence-corrected chi connectivity index (χ4v) is 3.65. The van der Waals surface area contributed by atoms with Crippen molar-refractivity contribution < 1.29 is 9.59 Å². The number of aromatic nitrogens is 1. The van der Waals surface area contributed by atoms with Gasteiger partial charge in [0.25, 0.3) is 0 Å². The number of pyridine rings is 1. The maximum atomic E-state index is 12.4. The number of nitrogens with zero attached hydrogens (tertiary/aromatic N) is 2. The highest BCUT2D eigenvalue weighted by Gasteiger charge is 2.28. The van der Waals surface area contributed by atoms with Crippen LogP contribution in [-0.4, -0.2) is 29.9 Å². The van der Waals surface area contributed by atoms with Crippen LogP contribution in [0.25, 0.3) is 0 Å². The molecule has 2 amide bonds. The number of amides is 2. The van der Waals surface area contributed by atoms with Gasteiger partial charge in [0.2, 0.25) is 0 Å². The molecule has 29 heavy (non-hydrogen) atoms. The van der Waals surface area contributed by atoms with Crippen molar-refractivity contribution in [2.24, 2.45) is 0 Å². The Morgan fingerprint density at radius 2 is 1.76 bits per heavy atom. The maximum absolute atomic E-state index is 12.4. The molecule has 1 aliphatic heterocycles. The van der Waals surface area contributed by atoms with Crippen LogP contribution in [0.5, 0.6) is 0 Å². The van der Waals surface area contributed by atoms with E-state index in [1.807, 2.05) is 36.5 Å². The van der Waals surface area contributed by atoms with Gasteiger partial charge in [-0.1, -0.05) is 42.5 Å². The zero-order chi connectivity index (χ0) is 20.1. The Balaban J connectivity index is 1.48. The van der Waals surface area contributed by atoms with E-state index in [0.717, 1.165) is 24.2 Å². The van der Waals surface area contributed by atoms with Crippen LogP contribution < -0.4 is 15.5 Å². The average molecular weight is 386 g/mol. The average Bonchev–Trinajstić information content (AvgIpc) is 3.19. The first-order chi connectivity index (χ1) is 14.2. The molecule has 0 bridgehead atoms. The largest absolute Gasteiger partial charge is 0.362 e. The number of rotatable bonds is 5. The molecule has 6 heteroatoms. The quantitative estimate of drug-likeness (QED) is 0.661. The number of nitrogens with one attached hydrogen (secondary N) is 2. The van der Waals surface area contributed by atoms with Gasteiger partial charge in [0.05, 0.1) is 6.04 Å². The summed E-state index contributed by atoms with van der Waals surface area (Å²) >= 11 is 0. The monoisotopic (exact) mass is 386 g/mol. The molecule has 1 aromatic heterocycles. The first-order valence-corrected chi connectivity index (χ1v) is 9.61. The molecule has 3 aromatic rings. The van der Waals surface area contributed by atoms with Crippen molar-refractivity contribution in [2.75, 3.05) is 23.3 Å². The van der Waals surface area contributed by atoms with Crippen LogP contribution >= 0.6 is 0 Å². The van der Waals surface area contributed by atoms with Gasteiger partial charge in [-0.2, -0.15) is 0 Å². The Bertz CT molecular complexity index is 992. The SMILES string of the molecule is O=C(NC[C@@H](c1cccnc1)N1CCc2ccccc21)C(=O)Nc1ccccc1. The first kappa shape index (κ1) is 18.7. The number of hydrogen-bond donors (Lipinski definition) is 2. The van der Waals surface area contributed by atoms with Crippen LogP contribution in [-0.2, 0) is 16.0 Å². The van der Waals surface area contributed by atoms with Crippen molar-refractivity contribution in [1.29, 1.82) is 0 Å².